The summed E-state index contributed by atoms with van der Waals surface area (Å²) in [5, 5.41) is 11.5. The van der Waals surface area contributed by atoms with E-state index in [0.717, 1.165) is 17.5 Å². The second-order valence-corrected chi connectivity index (χ2v) is 9.40. The number of carbonyl (C=O) groups excluding carboxylic acids is 2. The van der Waals surface area contributed by atoms with Gasteiger partial charge in [0.1, 0.15) is 5.69 Å². The lowest BCUT2D eigenvalue weighted by Gasteiger charge is -2.28. The van der Waals surface area contributed by atoms with E-state index in [1.165, 1.54) is 25.7 Å². The van der Waals surface area contributed by atoms with Crippen molar-refractivity contribution < 1.29 is 14.3 Å². The molecule has 174 valence electrons. The molecule has 1 N–H and O–H groups in total. The van der Waals surface area contributed by atoms with Gasteiger partial charge in [-0.15, -0.1) is 5.11 Å². The van der Waals surface area contributed by atoms with E-state index < -0.39 is 5.97 Å². The van der Waals surface area contributed by atoms with Crippen molar-refractivity contribution in [2.24, 2.45) is 28.0 Å². The summed E-state index contributed by atoms with van der Waals surface area (Å²) in [5.74, 6) is 1.24. The molecule has 2 saturated carbocycles. The molecule has 2 fully saturated rings. The van der Waals surface area contributed by atoms with Gasteiger partial charge in [-0.25, -0.2) is 4.79 Å². The number of fused-ring (bicyclic) bond motifs is 2. The molecule has 2 aliphatic rings. The van der Waals surface area contributed by atoms with Crippen LogP contribution in [0.1, 0.15) is 43.0 Å². The lowest BCUT2D eigenvalue weighted by atomic mass is 9.84. The summed E-state index contributed by atoms with van der Waals surface area (Å²) in [6, 6.07) is 14.6. The Morgan fingerprint density at radius 2 is 1.82 bits per heavy atom. The topological polar surface area (TPSA) is 83.4 Å². The molecule has 4 atom stereocenters. The Hall–Kier alpha value is -3.22. The highest BCUT2D eigenvalue weighted by Crippen LogP contribution is 2.49. The van der Waals surface area contributed by atoms with Crippen molar-refractivity contribution in [1.29, 1.82) is 0 Å². The third kappa shape index (κ3) is 5.59. The Morgan fingerprint density at radius 1 is 1.06 bits per heavy atom. The van der Waals surface area contributed by atoms with Crippen LogP contribution in [0.3, 0.4) is 0 Å². The quantitative estimate of drug-likeness (QED) is 0.441. The van der Waals surface area contributed by atoms with Gasteiger partial charge in [-0.1, -0.05) is 18.6 Å². The molecule has 0 aliphatic heterocycles. The van der Waals surface area contributed by atoms with E-state index in [2.05, 4.69) is 22.5 Å². The van der Waals surface area contributed by atoms with Crippen molar-refractivity contribution in [3.05, 3.63) is 54.1 Å². The van der Waals surface area contributed by atoms with Gasteiger partial charge in [-0.3, -0.25) is 4.79 Å². The van der Waals surface area contributed by atoms with Gasteiger partial charge in [-0.2, -0.15) is 5.11 Å². The van der Waals surface area contributed by atoms with Crippen molar-refractivity contribution >= 4 is 28.9 Å². The molecule has 7 nitrogen and oxygen atoms in total. The van der Waals surface area contributed by atoms with Gasteiger partial charge in [0.2, 0.25) is 0 Å². The van der Waals surface area contributed by atoms with Crippen LogP contribution >= 0.6 is 0 Å². The van der Waals surface area contributed by atoms with E-state index in [1.807, 2.05) is 43.3 Å². The Labute approximate surface area is 195 Å². The fourth-order valence-electron chi connectivity index (χ4n) is 5.18. The van der Waals surface area contributed by atoms with Gasteiger partial charge >= 0.3 is 5.97 Å². The number of hydrogen-bond donors (Lipinski definition) is 1. The minimum absolute atomic E-state index is 0.103. The zero-order valence-corrected chi connectivity index (χ0v) is 19.5. The first-order chi connectivity index (χ1) is 15.9. The molecule has 33 heavy (non-hydrogen) atoms. The number of anilines is 1. The minimum Gasteiger partial charge on any atom is -0.452 e. The van der Waals surface area contributed by atoms with Crippen LogP contribution in [0.2, 0.25) is 0 Å². The maximum Gasteiger partial charge on any atom is 0.340 e. The highest BCUT2D eigenvalue weighted by atomic mass is 16.5. The van der Waals surface area contributed by atoms with Crippen molar-refractivity contribution in [3.8, 4) is 0 Å². The van der Waals surface area contributed by atoms with Crippen LogP contribution in [0.4, 0.5) is 17.1 Å². The molecule has 4 rings (SSSR count). The second-order valence-electron chi connectivity index (χ2n) is 9.40. The molecule has 0 saturated heterocycles. The number of ether oxygens (including phenoxy) is 1. The summed E-state index contributed by atoms with van der Waals surface area (Å²) in [6.45, 7) is 1.76. The smallest absolute Gasteiger partial charge is 0.340 e. The molecular weight excluding hydrogens is 416 g/mol. The first-order valence-corrected chi connectivity index (χ1v) is 11.7. The van der Waals surface area contributed by atoms with Crippen LogP contribution in [-0.2, 0) is 9.53 Å². The maximum absolute atomic E-state index is 12.6. The van der Waals surface area contributed by atoms with Crippen LogP contribution in [0, 0.1) is 17.8 Å². The average Bonchev–Trinajstić information content (AvgIpc) is 3.45. The number of carbonyl (C=O) groups is 2. The molecule has 2 aliphatic carbocycles. The maximum atomic E-state index is 12.6. The van der Waals surface area contributed by atoms with E-state index in [4.69, 9.17) is 4.74 Å². The van der Waals surface area contributed by atoms with Crippen molar-refractivity contribution in [3.63, 3.8) is 0 Å². The fraction of sp³-hybridized carbons (Fsp3) is 0.462. The number of rotatable bonds is 8. The SMILES string of the molecule is C[C@H](NC(=O)COC(=O)c1ccccc1N=Nc1ccc(N(C)C)cc1)[C@@H]1C[C@H]2CC[C@H]1C2. The predicted octanol–water partition coefficient (Wildman–Crippen LogP) is 5.27. The van der Waals surface area contributed by atoms with E-state index in [0.29, 0.717) is 17.3 Å². The summed E-state index contributed by atoms with van der Waals surface area (Å²) in [6.07, 6.45) is 5.10. The van der Waals surface area contributed by atoms with Crippen LogP contribution in [0.5, 0.6) is 0 Å². The fourth-order valence-corrected chi connectivity index (χ4v) is 5.18. The van der Waals surface area contributed by atoms with Crippen LogP contribution in [-0.4, -0.2) is 38.6 Å². The van der Waals surface area contributed by atoms with Crippen molar-refractivity contribution in [1.82, 2.24) is 5.32 Å². The zero-order chi connectivity index (χ0) is 23.4. The number of nitrogens with one attached hydrogen (secondary N) is 1. The third-order valence-electron chi connectivity index (χ3n) is 6.92. The van der Waals surface area contributed by atoms with Gasteiger partial charge in [0.25, 0.3) is 5.91 Å². The van der Waals surface area contributed by atoms with Crippen LogP contribution in [0.15, 0.2) is 58.8 Å². The number of nitrogens with zero attached hydrogens (tertiary/aromatic N) is 3. The van der Waals surface area contributed by atoms with Gasteiger partial charge < -0.3 is 15.0 Å². The van der Waals surface area contributed by atoms with Gasteiger partial charge in [-0.05, 0) is 80.3 Å². The first-order valence-electron chi connectivity index (χ1n) is 11.7. The Kier molecular flexibility index (Phi) is 7.06. The molecule has 0 heterocycles. The monoisotopic (exact) mass is 448 g/mol. The highest BCUT2D eigenvalue weighted by molar-refractivity contribution is 5.96. The van der Waals surface area contributed by atoms with Crippen LogP contribution < -0.4 is 10.2 Å². The zero-order valence-electron chi connectivity index (χ0n) is 19.5. The molecule has 0 aromatic heterocycles. The molecular formula is C26H32N4O3. The number of hydrogen-bond acceptors (Lipinski definition) is 6. The molecule has 2 aromatic rings. The van der Waals surface area contributed by atoms with E-state index >= 15 is 0 Å². The Balaban J connectivity index is 1.32. The number of benzene rings is 2. The Morgan fingerprint density at radius 3 is 2.48 bits per heavy atom. The Bertz CT molecular complexity index is 1020. The molecule has 1 amide bonds. The predicted molar refractivity (Wildman–Crippen MR) is 128 cm³/mol. The second kappa shape index (κ2) is 10.1. The van der Waals surface area contributed by atoms with E-state index in [1.54, 1.807) is 24.3 Å². The first kappa shape index (κ1) is 23.0. The lowest BCUT2D eigenvalue weighted by molar-refractivity contribution is -0.125. The molecule has 0 radical (unpaired) electrons. The number of azo groups is 1. The molecule has 2 bridgehead atoms. The average molecular weight is 449 g/mol. The number of amides is 1. The van der Waals surface area contributed by atoms with Gasteiger partial charge in [0.05, 0.1) is 11.3 Å². The molecule has 7 heteroatoms. The molecule has 0 unspecified atom stereocenters. The highest BCUT2D eigenvalue weighted by Gasteiger charge is 2.42. The van der Waals surface area contributed by atoms with Gasteiger partial charge in [0.15, 0.2) is 6.61 Å². The summed E-state index contributed by atoms with van der Waals surface area (Å²) in [7, 11) is 3.94. The van der Waals surface area contributed by atoms with E-state index in [-0.39, 0.29) is 24.1 Å². The lowest BCUT2D eigenvalue weighted by Crippen LogP contribution is -2.42. The summed E-state index contributed by atoms with van der Waals surface area (Å²) in [4.78, 5) is 27.0. The minimum atomic E-state index is -0.588. The van der Waals surface area contributed by atoms with E-state index in [9.17, 15) is 9.59 Å². The van der Waals surface area contributed by atoms with Crippen LogP contribution in [0.25, 0.3) is 0 Å². The normalized spacial score (nSPS) is 22.3. The summed E-state index contributed by atoms with van der Waals surface area (Å²) >= 11 is 0. The number of esters is 1. The van der Waals surface area contributed by atoms with Crippen molar-refractivity contribution in [2.75, 3.05) is 25.6 Å². The summed E-state index contributed by atoms with van der Waals surface area (Å²) < 4.78 is 5.29. The largest absolute Gasteiger partial charge is 0.452 e. The third-order valence-corrected chi connectivity index (χ3v) is 6.92. The van der Waals surface area contributed by atoms with Crippen molar-refractivity contribution in [2.45, 2.75) is 38.6 Å². The molecule has 0 spiro atoms. The standard InChI is InChI=1S/C26H32N4O3/c1-17(23-15-18-8-9-19(23)14-18)27-25(31)16-33-26(32)22-6-4-5-7-24(22)29-28-20-10-12-21(13-11-20)30(2)3/h4-7,10-13,17-19,23H,8-9,14-16H2,1-3H3,(H,27,31)/t17-,18-,19-,23-/m0/s1. The summed E-state index contributed by atoms with van der Waals surface area (Å²) in [5.41, 5.74) is 2.42. The van der Waals surface area contributed by atoms with Gasteiger partial charge in [0, 0.05) is 25.8 Å². The molecule has 2 aromatic carbocycles.